The van der Waals surface area contributed by atoms with E-state index in [4.69, 9.17) is 15.3 Å². The molecule has 16 heavy (non-hydrogen) atoms. The Bertz CT molecular complexity index is 352. The van der Waals surface area contributed by atoms with E-state index < -0.39 is 11.9 Å². The van der Waals surface area contributed by atoms with Gasteiger partial charge in [0, 0.05) is 0 Å². The molecule has 5 nitrogen and oxygen atoms in total. The van der Waals surface area contributed by atoms with Crippen LogP contribution in [0.15, 0.2) is 18.2 Å². The lowest BCUT2D eigenvalue weighted by atomic mass is 10.1. The van der Waals surface area contributed by atoms with Crippen LogP contribution in [0.25, 0.3) is 0 Å². The van der Waals surface area contributed by atoms with Crippen LogP contribution in [-0.2, 0) is 0 Å². The third-order valence-corrected chi connectivity index (χ3v) is 1.41. The molecule has 0 unspecified atom stereocenters. The van der Waals surface area contributed by atoms with Crippen molar-refractivity contribution in [3.63, 3.8) is 0 Å². The number of carbonyl (C=O) groups is 2. The summed E-state index contributed by atoms with van der Waals surface area (Å²) in [6.45, 7) is 4.25. The van der Waals surface area contributed by atoms with Crippen LogP contribution >= 0.6 is 0 Å². The SMILES string of the molecule is CCC.O=C(O)c1cc(O)cc(C(=O)O)c1. The number of hydrogen-bond donors (Lipinski definition) is 3. The molecular weight excluding hydrogens is 212 g/mol. The first kappa shape index (κ1) is 14.0. The molecule has 0 radical (unpaired) electrons. The van der Waals surface area contributed by atoms with Gasteiger partial charge in [0.1, 0.15) is 5.75 Å². The first-order valence-electron chi connectivity index (χ1n) is 4.73. The molecule has 0 aromatic heterocycles. The molecule has 0 heterocycles. The summed E-state index contributed by atoms with van der Waals surface area (Å²) in [5, 5.41) is 26.0. The third-order valence-electron chi connectivity index (χ3n) is 1.41. The number of hydrogen-bond acceptors (Lipinski definition) is 3. The fourth-order valence-electron chi connectivity index (χ4n) is 0.858. The van der Waals surface area contributed by atoms with Crippen molar-refractivity contribution in [2.24, 2.45) is 0 Å². The summed E-state index contributed by atoms with van der Waals surface area (Å²) < 4.78 is 0. The minimum atomic E-state index is -1.28. The predicted molar refractivity (Wildman–Crippen MR) is 58.0 cm³/mol. The molecule has 0 amide bonds. The van der Waals surface area contributed by atoms with Crippen LogP contribution in [-0.4, -0.2) is 27.3 Å². The fraction of sp³-hybridized carbons (Fsp3) is 0.273. The molecule has 0 aliphatic heterocycles. The second kappa shape index (κ2) is 6.44. The van der Waals surface area contributed by atoms with E-state index in [9.17, 15) is 9.59 Å². The number of aromatic hydroxyl groups is 1. The average Bonchev–Trinajstić information content (AvgIpc) is 2.17. The van der Waals surface area contributed by atoms with Crippen molar-refractivity contribution in [3.05, 3.63) is 29.3 Å². The van der Waals surface area contributed by atoms with E-state index in [1.54, 1.807) is 0 Å². The van der Waals surface area contributed by atoms with Crippen LogP contribution in [0.4, 0.5) is 0 Å². The van der Waals surface area contributed by atoms with Gasteiger partial charge in [0.2, 0.25) is 0 Å². The molecule has 0 aliphatic carbocycles. The van der Waals surface area contributed by atoms with Crippen LogP contribution in [0.2, 0.25) is 0 Å². The molecule has 0 aliphatic rings. The Labute approximate surface area is 93.0 Å². The van der Waals surface area contributed by atoms with Crippen LogP contribution in [0.1, 0.15) is 41.0 Å². The molecule has 0 atom stereocenters. The highest BCUT2D eigenvalue weighted by Gasteiger charge is 2.10. The minimum Gasteiger partial charge on any atom is -0.508 e. The number of rotatable bonds is 2. The fourth-order valence-corrected chi connectivity index (χ4v) is 0.858. The van der Waals surface area contributed by atoms with Crippen LogP contribution < -0.4 is 0 Å². The molecular formula is C11H14O5. The molecule has 0 saturated heterocycles. The number of benzene rings is 1. The molecule has 0 bridgehead atoms. The van der Waals surface area contributed by atoms with Gasteiger partial charge in [-0.3, -0.25) is 0 Å². The number of phenols is 1. The second-order valence-electron chi connectivity index (χ2n) is 3.09. The minimum absolute atomic E-state index is 0.252. The highest BCUT2D eigenvalue weighted by Crippen LogP contribution is 2.15. The maximum Gasteiger partial charge on any atom is 0.335 e. The van der Waals surface area contributed by atoms with Crippen molar-refractivity contribution in [2.75, 3.05) is 0 Å². The lowest BCUT2D eigenvalue weighted by Crippen LogP contribution is -2.01. The first-order chi connectivity index (χ1) is 7.42. The van der Waals surface area contributed by atoms with Gasteiger partial charge in [0.05, 0.1) is 11.1 Å². The Kier molecular flexibility index (Phi) is 5.62. The van der Waals surface area contributed by atoms with E-state index in [0.717, 1.165) is 18.2 Å². The normalized spacial score (nSPS) is 8.88. The maximum absolute atomic E-state index is 10.4. The van der Waals surface area contributed by atoms with E-state index in [2.05, 4.69) is 13.8 Å². The topological polar surface area (TPSA) is 94.8 Å². The highest BCUT2D eigenvalue weighted by molar-refractivity contribution is 5.94. The van der Waals surface area contributed by atoms with E-state index in [0.29, 0.717) is 0 Å². The highest BCUT2D eigenvalue weighted by atomic mass is 16.4. The zero-order valence-electron chi connectivity index (χ0n) is 9.10. The summed E-state index contributed by atoms with van der Waals surface area (Å²) >= 11 is 0. The Hall–Kier alpha value is -2.04. The molecule has 1 rings (SSSR count). The van der Waals surface area contributed by atoms with Crippen molar-refractivity contribution in [3.8, 4) is 5.75 Å². The molecule has 88 valence electrons. The number of aromatic carboxylic acids is 2. The number of carboxylic acids is 2. The van der Waals surface area contributed by atoms with Gasteiger partial charge < -0.3 is 15.3 Å². The number of phenolic OH excluding ortho intramolecular Hbond substituents is 1. The van der Waals surface area contributed by atoms with E-state index in [1.807, 2.05) is 0 Å². The standard InChI is InChI=1S/C8H6O5.C3H8/c9-6-2-4(7(10)11)1-5(3-6)8(12)13;1-3-2/h1-3,9H,(H,10,11)(H,12,13);3H2,1-2H3. The summed E-state index contributed by atoms with van der Waals surface area (Å²) in [5.41, 5.74) is -0.505. The first-order valence-corrected chi connectivity index (χ1v) is 4.73. The van der Waals surface area contributed by atoms with Crippen molar-refractivity contribution in [2.45, 2.75) is 20.3 Å². The van der Waals surface area contributed by atoms with Gasteiger partial charge in [-0.2, -0.15) is 0 Å². The van der Waals surface area contributed by atoms with Gasteiger partial charge in [0.25, 0.3) is 0 Å². The van der Waals surface area contributed by atoms with Gasteiger partial charge in [0.15, 0.2) is 0 Å². The van der Waals surface area contributed by atoms with Gasteiger partial charge >= 0.3 is 11.9 Å². The Morgan fingerprint density at radius 1 is 1.00 bits per heavy atom. The average molecular weight is 226 g/mol. The van der Waals surface area contributed by atoms with E-state index >= 15 is 0 Å². The van der Waals surface area contributed by atoms with Crippen LogP contribution in [0.5, 0.6) is 5.75 Å². The number of carboxylic acid groups (broad SMARTS) is 2. The smallest absolute Gasteiger partial charge is 0.335 e. The quantitative estimate of drug-likeness (QED) is 0.718. The molecule has 1 aromatic rings. The van der Waals surface area contributed by atoms with Crippen molar-refractivity contribution in [1.82, 2.24) is 0 Å². The van der Waals surface area contributed by atoms with E-state index in [-0.39, 0.29) is 16.9 Å². The zero-order chi connectivity index (χ0) is 12.7. The van der Waals surface area contributed by atoms with E-state index in [1.165, 1.54) is 6.42 Å². The molecule has 0 fully saturated rings. The molecule has 3 N–H and O–H groups in total. The van der Waals surface area contributed by atoms with Crippen molar-refractivity contribution in [1.29, 1.82) is 0 Å². The lowest BCUT2D eigenvalue weighted by molar-refractivity contribution is 0.0696. The second-order valence-corrected chi connectivity index (χ2v) is 3.09. The van der Waals surface area contributed by atoms with Gasteiger partial charge in [-0.1, -0.05) is 20.3 Å². The summed E-state index contributed by atoms with van der Waals surface area (Å²) in [4.78, 5) is 20.8. The molecule has 0 saturated carbocycles. The van der Waals surface area contributed by atoms with Gasteiger partial charge in [-0.15, -0.1) is 0 Å². The molecule has 0 spiro atoms. The third kappa shape index (κ3) is 4.45. The Morgan fingerprint density at radius 3 is 1.56 bits per heavy atom. The largest absolute Gasteiger partial charge is 0.508 e. The predicted octanol–water partition coefficient (Wildman–Crippen LogP) is 2.20. The maximum atomic E-state index is 10.4. The summed E-state index contributed by atoms with van der Waals surface area (Å²) in [7, 11) is 0. The van der Waals surface area contributed by atoms with Gasteiger partial charge in [-0.05, 0) is 18.2 Å². The van der Waals surface area contributed by atoms with Gasteiger partial charge in [-0.25, -0.2) is 9.59 Å². The van der Waals surface area contributed by atoms with Crippen molar-refractivity contribution >= 4 is 11.9 Å². The summed E-state index contributed by atoms with van der Waals surface area (Å²) in [6.07, 6.45) is 1.25. The van der Waals surface area contributed by atoms with Crippen LogP contribution in [0, 0.1) is 0 Å². The van der Waals surface area contributed by atoms with Crippen LogP contribution in [0.3, 0.4) is 0 Å². The lowest BCUT2D eigenvalue weighted by Gasteiger charge is -1.98. The summed E-state index contributed by atoms with van der Waals surface area (Å²) in [5.74, 6) is -2.94. The van der Waals surface area contributed by atoms with Crippen molar-refractivity contribution < 1.29 is 24.9 Å². The summed E-state index contributed by atoms with van der Waals surface area (Å²) in [6, 6.07) is 2.94. The molecule has 5 heteroatoms. The Morgan fingerprint density at radius 2 is 1.31 bits per heavy atom. The monoisotopic (exact) mass is 226 g/mol. The Balaban J connectivity index is 0.000000673. The zero-order valence-corrected chi connectivity index (χ0v) is 9.10. The molecule has 1 aromatic carbocycles.